The van der Waals surface area contributed by atoms with E-state index in [2.05, 4.69) is 31.2 Å². The molecular weight excluding hydrogens is 473 g/mol. The second-order valence-corrected chi connectivity index (χ2v) is 8.05. The molecule has 0 aliphatic rings. The zero-order chi connectivity index (χ0) is 22.7. The molecule has 0 spiro atoms. The molecule has 0 bridgehead atoms. The van der Waals surface area contributed by atoms with Crippen molar-refractivity contribution in [2.24, 2.45) is 10.9 Å². The molecule has 0 saturated heterocycles. The van der Waals surface area contributed by atoms with E-state index in [4.69, 9.17) is 10.5 Å². The van der Waals surface area contributed by atoms with Crippen LogP contribution in [-0.2, 0) is 20.9 Å². The highest BCUT2D eigenvalue weighted by Crippen LogP contribution is 2.30. The number of fused-ring (bicyclic) bond motifs is 1. The van der Waals surface area contributed by atoms with Crippen molar-refractivity contribution in [1.82, 2.24) is 9.88 Å². The van der Waals surface area contributed by atoms with Gasteiger partial charge in [0.05, 0.1) is 11.2 Å². The maximum absolute atomic E-state index is 13.0. The molecule has 1 aromatic heterocycles. The number of nitrogens with two attached hydrogens (primary N) is 1. The average molecular weight is 493 g/mol. The highest BCUT2D eigenvalue weighted by molar-refractivity contribution is 9.10. The normalized spacial score (nSPS) is 12.7. The zero-order valence-corrected chi connectivity index (χ0v) is 17.9. The number of ether oxygens (including phenoxy) is 1. The Hall–Kier alpha value is -2.76. The Balaban J connectivity index is 2.17. The number of amidine groups is 1. The molecule has 1 aromatic carbocycles. The number of hydrogen-bond donors (Lipinski definition) is 2. The summed E-state index contributed by atoms with van der Waals surface area (Å²) in [5, 5.41) is 6.06. The maximum Gasteiger partial charge on any atom is 0.408 e. The molecule has 12 heteroatoms. The lowest BCUT2D eigenvalue weighted by Gasteiger charge is -2.19. The highest BCUT2D eigenvalue weighted by Gasteiger charge is 2.30. The lowest BCUT2D eigenvalue weighted by Crippen LogP contribution is -2.35. The van der Waals surface area contributed by atoms with Crippen LogP contribution in [0.15, 0.2) is 33.9 Å². The van der Waals surface area contributed by atoms with Crippen LogP contribution in [0.3, 0.4) is 0 Å². The van der Waals surface area contributed by atoms with Gasteiger partial charge in [0.2, 0.25) is 0 Å². The summed E-state index contributed by atoms with van der Waals surface area (Å²) in [7, 11) is 0. The van der Waals surface area contributed by atoms with E-state index in [0.717, 1.165) is 4.57 Å². The van der Waals surface area contributed by atoms with Gasteiger partial charge in [0.25, 0.3) is 0 Å². The molecule has 0 saturated carbocycles. The van der Waals surface area contributed by atoms with Crippen molar-refractivity contribution in [2.45, 2.75) is 39.1 Å². The van der Waals surface area contributed by atoms with Crippen LogP contribution in [0.1, 0.15) is 26.5 Å². The number of aromatic nitrogens is 1. The molecule has 0 aliphatic heterocycles. The topological polar surface area (TPSA) is 108 Å². The second kappa shape index (κ2) is 8.94. The number of carbonyl (C=O) groups is 2. The molecule has 0 aliphatic carbocycles. The molecule has 1 heterocycles. The Morgan fingerprint density at radius 3 is 2.53 bits per heavy atom. The van der Waals surface area contributed by atoms with Gasteiger partial charge in [-0.1, -0.05) is 27.2 Å². The first-order chi connectivity index (χ1) is 13.8. The first kappa shape index (κ1) is 23.5. The molecule has 1 amide bonds. The number of nitrogens with one attached hydrogen (secondary N) is 1. The number of rotatable bonds is 5. The number of carbonyl (C=O) groups excluding carboxylic acids is 2. The molecule has 0 fully saturated rings. The van der Waals surface area contributed by atoms with E-state index < -0.39 is 42.8 Å². The van der Waals surface area contributed by atoms with Gasteiger partial charge in [-0.2, -0.15) is 13.2 Å². The standard InChI is InChI=1S/C18H20BrF3N4O4/c1-17(2,3)29-16(28)24-8-14(27)30-25-15(23)13-7-10-11(19)5-4-6-12(10)26(13)9-18(20,21)22/h4-7H,8-9H2,1-3H3,(H2,23,25)(H,24,28). The number of halogens is 4. The fraction of sp³-hybridized carbons (Fsp3) is 0.389. The van der Waals surface area contributed by atoms with Gasteiger partial charge < -0.3 is 25.2 Å². The zero-order valence-electron chi connectivity index (χ0n) is 16.3. The summed E-state index contributed by atoms with van der Waals surface area (Å²) in [5.41, 5.74) is 5.21. The van der Waals surface area contributed by atoms with E-state index >= 15 is 0 Å². The SMILES string of the molecule is CC(C)(C)OC(=O)NCC(=O)O/N=C(\N)c1cc2c(Br)cccc2n1CC(F)(F)F. The minimum absolute atomic E-state index is 0.0814. The molecular formula is C18H20BrF3N4O4. The lowest BCUT2D eigenvalue weighted by atomic mass is 10.2. The van der Waals surface area contributed by atoms with Gasteiger partial charge in [0.1, 0.15) is 18.7 Å². The Kier molecular flexibility index (Phi) is 7.01. The van der Waals surface area contributed by atoms with Crippen LogP contribution in [0.25, 0.3) is 10.9 Å². The van der Waals surface area contributed by atoms with E-state index in [-0.39, 0.29) is 11.2 Å². The van der Waals surface area contributed by atoms with Gasteiger partial charge in [-0.05, 0) is 39.0 Å². The highest BCUT2D eigenvalue weighted by atomic mass is 79.9. The van der Waals surface area contributed by atoms with Crippen LogP contribution in [0.4, 0.5) is 18.0 Å². The predicted octanol–water partition coefficient (Wildman–Crippen LogP) is 3.65. The van der Waals surface area contributed by atoms with Gasteiger partial charge in [-0.15, -0.1) is 0 Å². The van der Waals surface area contributed by atoms with Crippen LogP contribution in [0.2, 0.25) is 0 Å². The second-order valence-electron chi connectivity index (χ2n) is 7.20. The third-order valence-electron chi connectivity index (χ3n) is 3.51. The molecule has 8 nitrogen and oxygen atoms in total. The van der Waals surface area contributed by atoms with Crippen molar-refractivity contribution >= 4 is 44.7 Å². The first-order valence-corrected chi connectivity index (χ1v) is 9.41. The number of nitrogens with zero attached hydrogens (tertiary/aromatic N) is 2. The van der Waals surface area contributed by atoms with Crippen LogP contribution >= 0.6 is 15.9 Å². The smallest absolute Gasteiger partial charge is 0.408 e. The van der Waals surface area contributed by atoms with Gasteiger partial charge in [-0.3, -0.25) is 0 Å². The van der Waals surface area contributed by atoms with Crippen molar-refractivity contribution in [2.75, 3.05) is 6.54 Å². The van der Waals surface area contributed by atoms with Crippen molar-refractivity contribution in [1.29, 1.82) is 0 Å². The number of benzene rings is 1. The van der Waals surface area contributed by atoms with Crippen LogP contribution < -0.4 is 11.1 Å². The molecule has 2 rings (SSSR count). The van der Waals surface area contributed by atoms with Gasteiger partial charge in [0.15, 0.2) is 5.84 Å². The Morgan fingerprint density at radius 1 is 1.27 bits per heavy atom. The summed E-state index contributed by atoms with van der Waals surface area (Å²) in [4.78, 5) is 27.9. The van der Waals surface area contributed by atoms with Crippen LogP contribution in [0.5, 0.6) is 0 Å². The fourth-order valence-electron chi connectivity index (χ4n) is 2.45. The van der Waals surface area contributed by atoms with Crippen molar-refractivity contribution in [3.8, 4) is 0 Å². The first-order valence-electron chi connectivity index (χ1n) is 8.62. The molecule has 0 atom stereocenters. The van der Waals surface area contributed by atoms with E-state index in [9.17, 15) is 22.8 Å². The number of alkyl halides is 3. The summed E-state index contributed by atoms with van der Waals surface area (Å²) in [6.07, 6.45) is -5.36. The third-order valence-corrected chi connectivity index (χ3v) is 4.21. The summed E-state index contributed by atoms with van der Waals surface area (Å²) in [6, 6.07) is 6.15. The molecule has 30 heavy (non-hydrogen) atoms. The fourth-order valence-corrected chi connectivity index (χ4v) is 2.92. The van der Waals surface area contributed by atoms with Gasteiger partial charge in [-0.25, -0.2) is 9.59 Å². The van der Waals surface area contributed by atoms with E-state index in [0.29, 0.717) is 9.86 Å². The minimum atomic E-state index is -4.52. The molecule has 0 radical (unpaired) electrons. The average Bonchev–Trinajstić information content (AvgIpc) is 2.95. The van der Waals surface area contributed by atoms with Crippen molar-refractivity contribution in [3.05, 3.63) is 34.4 Å². The Bertz CT molecular complexity index is 980. The maximum atomic E-state index is 13.0. The quantitative estimate of drug-likeness (QED) is 0.286. The summed E-state index contributed by atoms with van der Waals surface area (Å²) < 4.78 is 45.6. The Morgan fingerprint density at radius 2 is 1.93 bits per heavy atom. The van der Waals surface area contributed by atoms with E-state index in [1.165, 1.54) is 12.1 Å². The molecule has 3 N–H and O–H groups in total. The molecule has 164 valence electrons. The van der Waals surface area contributed by atoms with Crippen LogP contribution in [0, 0.1) is 0 Å². The lowest BCUT2D eigenvalue weighted by molar-refractivity contribution is -0.143. The summed E-state index contributed by atoms with van der Waals surface area (Å²) >= 11 is 3.28. The third kappa shape index (κ3) is 6.65. The Labute approximate surface area is 178 Å². The van der Waals surface area contributed by atoms with Crippen molar-refractivity contribution < 1.29 is 32.3 Å². The van der Waals surface area contributed by atoms with Gasteiger partial charge in [0, 0.05) is 9.86 Å². The molecule has 0 unspecified atom stereocenters. The van der Waals surface area contributed by atoms with Crippen molar-refractivity contribution in [3.63, 3.8) is 0 Å². The van der Waals surface area contributed by atoms with E-state index in [1.807, 2.05) is 0 Å². The minimum Gasteiger partial charge on any atom is -0.444 e. The number of hydrogen-bond acceptors (Lipinski definition) is 5. The largest absolute Gasteiger partial charge is 0.444 e. The van der Waals surface area contributed by atoms with E-state index in [1.54, 1.807) is 32.9 Å². The number of amides is 1. The monoisotopic (exact) mass is 492 g/mol. The van der Waals surface area contributed by atoms with Gasteiger partial charge >= 0.3 is 18.2 Å². The molecule has 2 aromatic rings. The summed E-state index contributed by atoms with van der Waals surface area (Å²) in [6.45, 7) is 3.06. The number of alkyl carbamates (subject to hydrolysis) is 1. The summed E-state index contributed by atoms with van der Waals surface area (Å²) in [5.74, 6) is -1.42. The number of oxime groups is 1. The van der Waals surface area contributed by atoms with Crippen LogP contribution in [-0.4, -0.2) is 40.8 Å². The predicted molar refractivity (Wildman–Crippen MR) is 107 cm³/mol.